The summed E-state index contributed by atoms with van der Waals surface area (Å²) in [6.45, 7) is 0.478. The third-order valence-corrected chi connectivity index (χ3v) is 2.78. The SMILES string of the molecule is OC(CNc1ccccc1)c1ccc(Cl)cc1. The van der Waals surface area contributed by atoms with E-state index in [1.165, 1.54) is 0 Å². The molecule has 0 aliphatic heterocycles. The quantitative estimate of drug-likeness (QED) is 0.867. The highest BCUT2D eigenvalue weighted by Crippen LogP contribution is 2.17. The second-order valence-electron chi connectivity index (χ2n) is 3.81. The van der Waals surface area contributed by atoms with Crippen LogP contribution in [0.3, 0.4) is 0 Å². The van der Waals surface area contributed by atoms with Gasteiger partial charge in [-0.3, -0.25) is 0 Å². The van der Waals surface area contributed by atoms with E-state index in [0.717, 1.165) is 11.3 Å². The Morgan fingerprint density at radius 1 is 1.00 bits per heavy atom. The van der Waals surface area contributed by atoms with Crippen molar-refractivity contribution in [1.29, 1.82) is 0 Å². The van der Waals surface area contributed by atoms with Crippen LogP contribution in [-0.2, 0) is 0 Å². The molecule has 0 aliphatic carbocycles. The van der Waals surface area contributed by atoms with Crippen molar-refractivity contribution >= 4 is 17.3 Å². The summed E-state index contributed by atoms with van der Waals surface area (Å²) < 4.78 is 0. The molecule has 1 atom stereocenters. The van der Waals surface area contributed by atoms with Gasteiger partial charge >= 0.3 is 0 Å². The Bertz CT molecular complexity index is 455. The van der Waals surface area contributed by atoms with Crippen LogP contribution in [0.5, 0.6) is 0 Å². The number of hydrogen-bond acceptors (Lipinski definition) is 2. The number of benzene rings is 2. The second-order valence-corrected chi connectivity index (χ2v) is 4.25. The molecule has 0 saturated carbocycles. The normalized spacial score (nSPS) is 12.1. The topological polar surface area (TPSA) is 32.3 Å². The molecule has 2 N–H and O–H groups in total. The molecule has 0 radical (unpaired) electrons. The van der Waals surface area contributed by atoms with Gasteiger partial charge in [0.1, 0.15) is 0 Å². The van der Waals surface area contributed by atoms with Crippen LogP contribution in [0, 0.1) is 0 Å². The minimum Gasteiger partial charge on any atom is -0.387 e. The van der Waals surface area contributed by atoms with Gasteiger partial charge in [0.15, 0.2) is 0 Å². The van der Waals surface area contributed by atoms with Crippen LogP contribution in [-0.4, -0.2) is 11.7 Å². The molecule has 0 aromatic heterocycles. The van der Waals surface area contributed by atoms with Crippen LogP contribution in [0.25, 0.3) is 0 Å². The summed E-state index contributed by atoms with van der Waals surface area (Å²) in [5.74, 6) is 0. The molecule has 88 valence electrons. The molecule has 0 spiro atoms. The Hall–Kier alpha value is -1.51. The monoisotopic (exact) mass is 247 g/mol. The first kappa shape index (κ1) is 12.0. The molecule has 0 saturated heterocycles. The summed E-state index contributed by atoms with van der Waals surface area (Å²) in [7, 11) is 0. The van der Waals surface area contributed by atoms with E-state index in [2.05, 4.69) is 5.32 Å². The van der Waals surface area contributed by atoms with E-state index < -0.39 is 6.10 Å². The van der Waals surface area contributed by atoms with Gasteiger partial charge in [-0.15, -0.1) is 0 Å². The van der Waals surface area contributed by atoms with Crippen molar-refractivity contribution in [2.45, 2.75) is 6.10 Å². The number of para-hydroxylation sites is 1. The summed E-state index contributed by atoms with van der Waals surface area (Å²) in [5.41, 5.74) is 1.86. The molecular formula is C14H14ClNO. The molecule has 2 aromatic rings. The van der Waals surface area contributed by atoms with Gasteiger partial charge in [0.05, 0.1) is 6.10 Å². The maximum absolute atomic E-state index is 9.97. The highest BCUT2D eigenvalue weighted by Gasteiger charge is 2.06. The van der Waals surface area contributed by atoms with E-state index in [-0.39, 0.29) is 0 Å². The van der Waals surface area contributed by atoms with Crippen molar-refractivity contribution < 1.29 is 5.11 Å². The summed E-state index contributed by atoms with van der Waals surface area (Å²) in [4.78, 5) is 0. The molecule has 2 aromatic carbocycles. The zero-order chi connectivity index (χ0) is 12.1. The van der Waals surface area contributed by atoms with E-state index in [1.807, 2.05) is 42.5 Å². The van der Waals surface area contributed by atoms with Gasteiger partial charge in [-0.1, -0.05) is 41.9 Å². The molecule has 2 nitrogen and oxygen atoms in total. The highest BCUT2D eigenvalue weighted by molar-refractivity contribution is 6.30. The fourth-order valence-corrected chi connectivity index (χ4v) is 1.70. The van der Waals surface area contributed by atoms with Gasteiger partial charge in [-0.25, -0.2) is 0 Å². The highest BCUT2D eigenvalue weighted by atomic mass is 35.5. The van der Waals surface area contributed by atoms with Crippen LogP contribution in [0.4, 0.5) is 5.69 Å². The number of nitrogens with one attached hydrogen (secondary N) is 1. The molecule has 0 bridgehead atoms. The summed E-state index contributed by atoms with van der Waals surface area (Å²) >= 11 is 5.79. The number of aliphatic hydroxyl groups is 1. The Balaban J connectivity index is 1.93. The van der Waals surface area contributed by atoms with Gasteiger partial charge in [-0.2, -0.15) is 0 Å². The fraction of sp³-hybridized carbons (Fsp3) is 0.143. The minimum absolute atomic E-state index is 0.478. The van der Waals surface area contributed by atoms with Crippen LogP contribution in [0.1, 0.15) is 11.7 Å². The standard InChI is InChI=1S/C14H14ClNO/c15-12-8-6-11(7-9-12)14(17)10-16-13-4-2-1-3-5-13/h1-9,14,16-17H,10H2. The lowest BCUT2D eigenvalue weighted by Crippen LogP contribution is -2.11. The van der Waals surface area contributed by atoms with E-state index in [4.69, 9.17) is 11.6 Å². The number of rotatable bonds is 4. The first-order valence-electron chi connectivity index (χ1n) is 5.48. The van der Waals surface area contributed by atoms with Crippen molar-refractivity contribution in [3.05, 3.63) is 65.2 Å². The Morgan fingerprint density at radius 2 is 1.65 bits per heavy atom. The first-order chi connectivity index (χ1) is 8.25. The average molecular weight is 248 g/mol. The number of aliphatic hydroxyl groups excluding tert-OH is 1. The van der Waals surface area contributed by atoms with Gasteiger partial charge in [0.25, 0.3) is 0 Å². The van der Waals surface area contributed by atoms with Crippen molar-refractivity contribution in [1.82, 2.24) is 0 Å². The van der Waals surface area contributed by atoms with Crippen molar-refractivity contribution in [3.63, 3.8) is 0 Å². The molecule has 2 rings (SSSR count). The van der Waals surface area contributed by atoms with E-state index >= 15 is 0 Å². The van der Waals surface area contributed by atoms with Crippen molar-refractivity contribution in [2.75, 3.05) is 11.9 Å². The lowest BCUT2D eigenvalue weighted by atomic mass is 10.1. The molecule has 1 unspecified atom stereocenters. The Morgan fingerprint density at radius 3 is 2.29 bits per heavy atom. The third-order valence-electron chi connectivity index (χ3n) is 2.53. The predicted molar refractivity (Wildman–Crippen MR) is 71.3 cm³/mol. The largest absolute Gasteiger partial charge is 0.387 e. The summed E-state index contributed by atoms with van der Waals surface area (Å²) in [6, 6.07) is 17.0. The predicted octanol–water partition coefficient (Wildman–Crippen LogP) is 3.49. The molecular weight excluding hydrogens is 234 g/mol. The molecule has 0 aliphatic rings. The zero-order valence-corrected chi connectivity index (χ0v) is 10.1. The van der Waals surface area contributed by atoms with E-state index in [0.29, 0.717) is 11.6 Å². The van der Waals surface area contributed by atoms with Gasteiger partial charge in [0.2, 0.25) is 0 Å². The summed E-state index contributed by atoms with van der Waals surface area (Å²) in [6.07, 6.45) is -0.535. The minimum atomic E-state index is -0.535. The third kappa shape index (κ3) is 3.48. The molecule has 3 heteroatoms. The van der Waals surface area contributed by atoms with Gasteiger partial charge < -0.3 is 10.4 Å². The van der Waals surface area contributed by atoms with E-state index in [9.17, 15) is 5.11 Å². The maximum atomic E-state index is 9.97. The number of anilines is 1. The van der Waals surface area contributed by atoms with Gasteiger partial charge in [0, 0.05) is 17.3 Å². The smallest absolute Gasteiger partial charge is 0.0962 e. The maximum Gasteiger partial charge on any atom is 0.0962 e. The van der Waals surface area contributed by atoms with Crippen LogP contribution in [0.2, 0.25) is 5.02 Å². The van der Waals surface area contributed by atoms with Crippen molar-refractivity contribution in [2.24, 2.45) is 0 Å². The summed E-state index contributed by atoms with van der Waals surface area (Å²) in [5, 5.41) is 13.8. The lowest BCUT2D eigenvalue weighted by molar-refractivity contribution is 0.191. The number of halogens is 1. The fourth-order valence-electron chi connectivity index (χ4n) is 1.57. The Kier molecular flexibility index (Phi) is 4.02. The molecule has 0 heterocycles. The Labute approximate surface area is 106 Å². The van der Waals surface area contributed by atoms with Crippen molar-refractivity contribution in [3.8, 4) is 0 Å². The molecule has 17 heavy (non-hydrogen) atoms. The van der Waals surface area contributed by atoms with Crippen LogP contribution in [0.15, 0.2) is 54.6 Å². The van der Waals surface area contributed by atoms with Gasteiger partial charge in [-0.05, 0) is 29.8 Å². The zero-order valence-electron chi connectivity index (χ0n) is 9.31. The van der Waals surface area contributed by atoms with Crippen LogP contribution >= 0.6 is 11.6 Å². The molecule has 0 fully saturated rings. The molecule has 0 amide bonds. The first-order valence-corrected chi connectivity index (χ1v) is 5.86. The average Bonchev–Trinajstić information content (AvgIpc) is 2.38. The van der Waals surface area contributed by atoms with Crippen LogP contribution < -0.4 is 5.32 Å². The number of hydrogen-bond donors (Lipinski definition) is 2. The van der Waals surface area contributed by atoms with E-state index in [1.54, 1.807) is 12.1 Å². The second kappa shape index (κ2) is 5.71. The lowest BCUT2D eigenvalue weighted by Gasteiger charge is -2.13.